The summed E-state index contributed by atoms with van der Waals surface area (Å²) in [5.74, 6) is 12.0. The predicted molar refractivity (Wildman–Crippen MR) is 195 cm³/mol. The minimum Gasteiger partial charge on any atom is -0.508 e. The Kier molecular flexibility index (Phi) is 9.03. The maximum atomic E-state index is 11.1. The van der Waals surface area contributed by atoms with Crippen LogP contribution in [0.1, 0.15) is 128 Å². The van der Waals surface area contributed by atoms with Crippen molar-refractivity contribution in [2.75, 3.05) is 13.2 Å². The molecular formula is C44H65NO4. The average molecular weight is 672 g/mol. The highest BCUT2D eigenvalue weighted by Gasteiger charge is 2.76. The number of nitrogens with two attached hydrogens (primary N) is 1. The van der Waals surface area contributed by atoms with Gasteiger partial charge in [0.15, 0.2) is 0 Å². The van der Waals surface area contributed by atoms with Gasteiger partial charge in [0.05, 0.1) is 17.1 Å². The largest absolute Gasteiger partial charge is 0.508 e. The van der Waals surface area contributed by atoms with Crippen LogP contribution in [0.25, 0.3) is 0 Å². The number of rotatable bonds is 6. The molecule has 5 nitrogen and oxygen atoms in total. The van der Waals surface area contributed by atoms with E-state index in [4.69, 9.17) is 10.5 Å². The number of benzene rings is 1. The molecule has 270 valence electrons. The molecule has 2 saturated heterocycles. The molecule has 8 aliphatic rings. The number of phenols is 1. The van der Waals surface area contributed by atoms with Gasteiger partial charge in [-0.25, -0.2) is 0 Å². The molecule has 6 aliphatic carbocycles. The molecule has 1 aromatic carbocycles. The van der Waals surface area contributed by atoms with Crippen LogP contribution in [-0.2, 0) is 17.6 Å². The van der Waals surface area contributed by atoms with Gasteiger partial charge < -0.3 is 25.8 Å². The average Bonchev–Trinajstić information content (AvgIpc) is 3.42. The summed E-state index contributed by atoms with van der Waals surface area (Å²) in [5, 5.41) is 31.7. The third-order valence-electron chi connectivity index (χ3n) is 16.1. The van der Waals surface area contributed by atoms with Crippen molar-refractivity contribution >= 4 is 0 Å². The Bertz CT molecular complexity index is 1450. The second kappa shape index (κ2) is 12.8. The van der Waals surface area contributed by atoms with Crippen molar-refractivity contribution in [2.45, 2.75) is 147 Å². The number of aliphatic hydroxyl groups excluding tert-OH is 2. The van der Waals surface area contributed by atoms with E-state index >= 15 is 0 Å². The van der Waals surface area contributed by atoms with E-state index in [2.05, 4.69) is 38.7 Å². The predicted octanol–water partition coefficient (Wildman–Crippen LogP) is 7.81. The molecule has 2 spiro atoms. The van der Waals surface area contributed by atoms with Crippen LogP contribution in [0.15, 0.2) is 18.2 Å². The summed E-state index contributed by atoms with van der Waals surface area (Å²) in [6.07, 6.45) is 19.4. The third kappa shape index (κ3) is 5.64. The van der Waals surface area contributed by atoms with Gasteiger partial charge in [-0.05, 0) is 167 Å². The number of aliphatic hydroxyl groups is 2. The molecule has 1 aromatic rings. The zero-order valence-corrected chi connectivity index (χ0v) is 30.8. The fourth-order valence-electron chi connectivity index (χ4n) is 14.6. The van der Waals surface area contributed by atoms with Gasteiger partial charge in [-0.3, -0.25) is 0 Å². The zero-order valence-electron chi connectivity index (χ0n) is 30.8. The quantitative estimate of drug-likeness (QED) is 0.232. The first-order valence-corrected chi connectivity index (χ1v) is 20.5. The normalized spacial score (nSPS) is 47.2. The van der Waals surface area contributed by atoms with Crippen LogP contribution in [0.2, 0.25) is 0 Å². The highest BCUT2D eigenvalue weighted by atomic mass is 16.5. The lowest BCUT2D eigenvalue weighted by molar-refractivity contribution is -0.362. The smallest absolute Gasteiger partial charge is 0.115 e. The number of hydrogen-bond acceptors (Lipinski definition) is 5. The number of aromatic hydroxyl groups is 1. The second-order valence-electron chi connectivity index (χ2n) is 19.4. The van der Waals surface area contributed by atoms with Gasteiger partial charge in [-0.1, -0.05) is 44.6 Å². The molecule has 9 rings (SSSR count). The van der Waals surface area contributed by atoms with Gasteiger partial charge in [0.1, 0.15) is 5.75 Å². The SMILES string of the molecule is CC(C)CC1CCC2(C1)CC1Cc3ccc(O)cc3CC#CC3C4(CC5CCC(CO)C3(N)C5C(C)(C3CCCC(CCO)C3)O4)C(C1)C2. The van der Waals surface area contributed by atoms with E-state index in [1.807, 2.05) is 12.1 Å². The Morgan fingerprint density at radius 1 is 0.959 bits per heavy atom. The van der Waals surface area contributed by atoms with Crippen LogP contribution in [0.5, 0.6) is 5.75 Å². The van der Waals surface area contributed by atoms with E-state index in [-0.39, 0.29) is 36.6 Å². The Hall–Kier alpha value is -1.58. The molecule has 13 atom stereocenters. The molecule has 5 N–H and O–H groups in total. The highest BCUT2D eigenvalue weighted by molar-refractivity contribution is 5.40. The van der Waals surface area contributed by atoms with Gasteiger partial charge in [0, 0.05) is 37.0 Å². The molecule has 0 aromatic heterocycles. The first-order valence-electron chi connectivity index (χ1n) is 20.5. The van der Waals surface area contributed by atoms with Crippen LogP contribution < -0.4 is 5.73 Å². The Labute approximate surface area is 296 Å². The zero-order chi connectivity index (χ0) is 34.2. The molecule has 2 aliphatic heterocycles. The molecular weight excluding hydrogens is 606 g/mol. The van der Waals surface area contributed by atoms with Crippen molar-refractivity contribution in [3.8, 4) is 17.6 Å². The Balaban J connectivity index is 1.28. The van der Waals surface area contributed by atoms with E-state index in [0.29, 0.717) is 47.2 Å². The van der Waals surface area contributed by atoms with Gasteiger partial charge in [0.2, 0.25) is 0 Å². The number of ether oxygens (including phenoxy) is 1. The molecule has 49 heavy (non-hydrogen) atoms. The van der Waals surface area contributed by atoms with E-state index < -0.39 is 11.1 Å². The molecule has 5 saturated carbocycles. The maximum absolute atomic E-state index is 11.1. The van der Waals surface area contributed by atoms with Crippen molar-refractivity contribution < 1.29 is 20.1 Å². The Morgan fingerprint density at radius 3 is 2.61 bits per heavy atom. The molecule has 0 amide bonds. The summed E-state index contributed by atoms with van der Waals surface area (Å²) < 4.78 is 8.11. The monoisotopic (exact) mass is 671 g/mol. The lowest BCUT2D eigenvalue weighted by Gasteiger charge is -2.75. The van der Waals surface area contributed by atoms with Crippen molar-refractivity contribution in [1.29, 1.82) is 0 Å². The van der Waals surface area contributed by atoms with Gasteiger partial charge >= 0.3 is 0 Å². The number of hydrogen-bond donors (Lipinski definition) is 4. The summed E-state index contributed by atoms with van der Waals surface area (Å²) in [4.78, 5) is 0. The van der Waals surface area contributed by atoms with Crippen molar-refractivity contribution in [3.63, 3.8) is 0 Å². The summed E-state index contributed by atoms with van der Waals surface area (Å²) >= 11 is 0. The van der Waals surface area contributed by atoms with Crippen LogP contribution in [-0.4, -0.2) is 45.3 Å². The molecule has 5 heteroatoms. The molecule has 13 unspecified atom stereocenters. The molecule has 7 fully saturated rings. The lowest BCUT2D eigenvalue weighted by Crippen LogP contribution is -2.84. The molecule has 0 radical (unpaired) electrons. The van der Waals surface area contributed by atoms with Crippen molar-refractivity contribution in [2.24, 2.45) is 70.3 Å². The van der Waals surface area contributed by atoms with Crippen LogP contribution >= 0.6 is 0 Å². The summed E-state index contributed by atoms with van der Waals surface area (Å²) in [6, 6.07) is 6.01. The topological polar surface area (TPSA) is 95.9 Å². The maximum Gasteiger partial charge on any atom is 0.115 e. The van der Waals surface area contributed by atoms with Crippen molar-refractivity contribution in [3.05, 3.63) is 29.3 Å². The second-order valence-corrected chi connectivity index (χ2v) is 19.4. The minimum absolute atomic E-state index is 0.0180. The minimum atomic E-state index is -0.606. The molecule has 2 heterocycles. The van der Waals surface area contributed by atoms with Gasteiger partial charge in [-0.2, -0.15) is 0 Å². The Morgan fingerprint density at radius 2 is 1.82 bits per heavy atom. The first-order chi connectivity index (χ1) is 23.5. The van der Waals surface area contributed by atoms with E-state index in [1.165, 1.54) is 68.9 Å². The number of phenolic OH excluding ortho intramolecular Hbond substituents is 1. The fourth-order valence-corrected chi connectivity index (χ4v) is 14.6. The van der Waals surface area contributed by atoms with Crippen LogP contribution in [0.4, 0.5) is 0 Å². The highest BCUT2D eigenvalue weighted by Crippen LogP contribution is 2.71. The summed E-state index contributed by atoms with van der Waals surface area (Å²) in [6.45, 7) is 7.62. The van der Waals surface area contributed by atoms with Crippen LogP contribution in [0, 0.1) is 76.4 Å². The van der Waals surface area contributed by atoms with E-state index in [1.54, 1.807) is 0 Å². The van der Waals surface area contributed by atoms with Gasteiger partial charge in [-0.15, -0.1) is 0 Å². The molecule has 6 bridgehead atoms. The third-order valence-corrected chi connectivity index (χ3v) is 16.1. The summed E-state index contributed by atoms with van der Waals surface area (Å²) in [5.41, 5.74) is 9.57. The lowest BCUT2D eigenvalue weighted by atomic mass is 9.38. The van der Waals surface area contributed by atoms with Gasteiger partial charge in [0.25, 0.3) is 0 Å². The van der Waals surface area contributed by atoms with E-state index in [0.717, 1.165) is 56.8 Å². The van der Waals surface area contributed by atoms with Crippen LogP contribution in [0.3, 0.4) is 0 Å². The van der Waals surface area contributed by atoms with Crippen molar-refractivity contribution in [1.82, 2.24) is 0 Å². The number of fused-ring (bicyclic) bond motifs is 4. The first kappa shape index (κ1) is 34.5. The summed E-state index contributed by atoms with van der Waals surface area (Å²) in [7, 11) is 0. The fraction of sp³-hybridized carbons (Fsp3) is 0.818. The van der Waals surface area contributed by atoms with E-state index in [9.17, 15) is 15.3 Å². The standard InChI is InChI=1S/C44H65NO4/c1-28(2)18-30-14-16-42(23-30)24-31-19-33-11-13-38(48)22-32(33)7-5-9-39-43(37(21-31)26-42)25-34-10-12-36(27-47)44(39,45)40(34)41(3,49-43)35-8-4-6-29(20-35)15-17-46/h11,13,22,28-31,34-37,39-40,46-48H,4,6-8,10,12,14-21,23-27,45H2,1-3H3.